The molecule has 1 heterocycles. The number of halogens is 1. The van der Waals surface area contributed by atoms with E-state index in [-0.39, 0.29) is 24.0 Å². The van der Waals surface area contributed by atoms with E-state index in [0.29, 0.717) is 0 Å². The van der Waals surface area contributed by atoms with Crippen molar-refractivity contribution in [2.45, 2.75) is 65.0 Å². The van der Waals surface area contributed by atoms with Crippen molar-refractivity contribution < 1.29 is 0 Å². The molecule has 0 aromatic carbocycles. The minimum Gasteiger partial charge on any atom is -0.356 e. The van der Waals surface area contributed by atoms with Gasteiger partial charge >= 0.3 is 0 Å². The van der Waals surface area contributed by atoms with Crippen LogP contribution in [0.1, 0.15) is 54.1 Å². The van der Waals surface area contributed by atoms with Crippen molar-refractivity contribution in [1.82, 2.24) is 20.5 Å². The van der Waals surface area contributed by atoms with E-state index in [1.807, 2.05) is 7.05 Å². The summed E-state index contributed by atoms with van der Waals surface area (Å²) < 4.78 is 0. The second-order valence-corrected chi connectivity index (χ2v) is 8.02. The molecule has 5 nitrogen and oxygen atoms in total. The van der Waals surface area contributed by atoms with Crippen LogP contribution in [0.15, 0.2) is 4.99 Å². The summed E-state index contributed by atoms with van der Waals surface area (Å²) in [6.07, 6.45) is 8.12. The van der Waals surface area contributed by atoms with Crippen molar-refractivity contribution >= 4 is 41.3 Å². The number of thiazole rings is 1. The highest BCUT2D eigenvalue weighted by Crippen LogP contribution is 2.21. The molecule has 0 atom stereocenters. The van der Waals surface area contributed by atoms with E-state index in [0.717, 1.165) is 48.8 Å². The Kier molecular flexibility index (Phi) is 10.9. The average molecular weight is 479 g/mol. The lowest BCUT2D eigenvalue weighted by molar-refractivity contribution is 0.190. The first-order valence-electron chi connectivity index (χ1n) is 9.18. The number of aromatic nitrogens is 1. The molecule has 0 unspecified atom stereocenters. The van der Waals surface area contributed by atoms with Crippen LogP contribution in [0.2, 0.25) is 0 Å². The summed E-state index contributed by atoms with van der Waals surface area (Å²) in [4.78, 5) is 12.7. The van der Waals surface area contributed by atoms with Crippen LogP contribution in [-0.4, -0.2) is 49.1 Å². The van der Waals surface area contributed by atoms with Gasteiger partial charge in [-0.05, 0) is 46.7 Å². The van der Waals surface area contributed by atoms with E-state index in [2.05, 4.69) is 46.4 Å². The average Bonchev–Trinajstić information content (AvgIpc) is 2.93. The van der Waals surface area contributed by atoms with Crippen LogP contribution in [0.25, 0.3) is 0 Å². The van der Waals surface area contributed by atoms with Gasteiger partial charge in [-0.1, -0.05) is 19.3 Å². The number of guanidine groups is 1. The summed E-state index contributed by atoms with van der Waals surface area (Å²) >= 11 is 1.75. The van der Waals surface area contributed by atoms with Crippen molar-refractivity contribution in [2.75, 3.05) is 27.2 Å². The molecular formula is C18H34IN5S. The van der Waals surface area contributed by atoms with Gasteiger partial charge in [0.2, 0.25) is 0 Å². The van der Waals surface area contributed by atoms with Crippen molar-refractivity contribution in [3.63, 3.8) is 0 Å². The van der Waals surface area contributed by atoms with Gasteiger partial charge in [0.1, 0.15) is 5.01 Å². The Morgan fingerprint density at radius 1 is 1.24 bits per heavy atom. The summed E-state index contributed by atoms with van der Waals surface area (Å²) in [7, 11) is 4.10. The van der Waals surface area contributed by atoms with Crippen molar-refractivity contribution in [1.29, 1.82) is 0 Å². The third-order valence-corrected chi connectivity index (χ3v) is 5.95. The molecule has 7 heteroatoms. The first-order valence-corrected chi connectivity index (χ1v) is 9.99. The normalized spacial score (nSPS) is 16.0. The summed E-state index contributed by atoms with van der Waals surface area (Å²) in [6, 6.07) is 0.799. The van der Waals surface area contributed by atoms with Crippen LogP contribution in [-0.2, 0) is 6.54 Å². The largest absolute Gasteiger partial charge is 0.356 e. The van der Waals surface area contributed by atoms with E-state index in [1.165, 1.54) is 37.0 Å². The van der Waals surface area contributed by atoms with Gasteiger partial charge < -0.3 is 15.5 Å². The molecule has 0 aliphatic heterocycles. The van der Waals surface area contributed by atoms with Crippen molar-refractivity contribution in [3.8, 4) is 0 Å². The van der Waals surface area contributed by atoms with Crippen LogP contribution >= 0.6 is 35.3 Å². The fourth-order valence-corrected chi connectivity index (χ4v) is 4.11. The number of aryl methyl sites for hydroxylation is 2. The highest BCUT2D eigenvalue weighted by atomic mass is 127. The van der Waals surface area contributed by atoms with E-state index < -0.39 is 0 Å². The molecule has 1 aliphatic rings. The maximum absolute atomic E-state index is 4.55. The number of nitrogens with one attached hydrogen (secondary N) is 2. The van der Waals surface area contributed by atoms with Gasteiger partial charge in [0.05, 0.1) is 12.2 Å². The summed E-state index contributed by atoms with van der Waals surface area (Å²) in [5.74, 6) is 0.862. The van der Waals surface area contributed by atoms with Crippen LogP contribution < -0.4 is 10.6 Å². The van der Waals surface area contributed by atoms with Gasteiger partial charge in [0.15, 0.2) is 5.96 Å². The third kappa shape index (κ3) is 7.78. The molecule has 1 aliphatic carbocycles. The van der Waals surface area contributed by atoms with E-state index in [4.69, 9.17) is 0 Å². The molecule has 2 N–H and O–H groups in total. The second-order valence-electron chi connectivity index (χ2n) is 6.73. The van der Waals surface area contributed by atoms with E-state index in [9.17, 15) is 0 Å². The van der Waals surface area contributed by atoms with E-state index in [1.54, 1.807) is 11.3 Å². The Morgan fingerprint density at radius 2 is 1.96 bits per heavy atom. The molecule has 0 amide bonds. The number of nitrogens with zero attached hydrogens (tertiary/aromatic N) is 3. The zero-order chi connectivity index (χ0) is 17.4. The Hall–Kier alpha value is -0.410. The lowest BCUT2D eigenvalue weighted by Crippen LogP contribution is -2.39. The van der Waals surface area contributed by atoms with Crippen LogP contribution in [0.3, 0.4) is 0 Å². The topological polar surface area (TPSA) is 52.6 Å². The predicted molar refractivity (Wildman–Crippen MR) is 119 cm³/mol. The number of hydrogen-bond acceptors (Lipinski definition) is 4. The number of rotatable bonds is 7. The fraction of sp³-hybridized carbons (Fsp3) is 0.778. The maximum atomic E-state index is 4.55. The molecule has 2 rings (SSSR count). The predicted octanol–water partition coefficient (Wildman–Crippen LogP) is 3.70. The van der Waals surface area contributed by atoms with Gasteiger partial charge in [-0.3, -0.25) is 4.99 Å². The quantitative estimate of drug-likeness (QED) is 0.271. The van der Waals surface area contributed by atoms with Crippen LogP contribution in [0.5, 0.6) is 0 Å². The third-order valence-electron chi connectivity index (χ3n) is 4.88. The molecule has 1 aromatic heterocycles. The number of hydrogen-bond donors (Lipinski definition) is 2. The summed E-state index contributed by atoms with van der Waals surface area (Å²) in [6.45, 7) is 7.02. The zero-order valence-corrected chi connectivity index (χ0v) is 19.2. The Labute approximate surface area is 174 Å². The molecular weight excluding hydrogens is 445 g/mol. The molecule has 25 heavy (non-hydrogen) atoms. The van der Waals surface area contributed by atoms with Gasteiger partial charge in [-0.15, -0.1) is 35.3 Å². The minimum absolute atomic E-state index is 0. The van der Waals surface area contributed by atoms with Crippen molar-refractivity contribution in [2.24, 2.45) is 4.99 Å². The van der Waals surface area contributed by atoms with Crippen LogP contribution in [0, 0.1) is 13.8 Å². The molecule has 0 radical (unpaired) electrons. The highest BCUT2D eigenvalue weighted by Gasteiger charge is 2.17. The first-order chi connectivity index (χ1) is 11.6. The van der Waals surface area contributed by atoms with Gasteiger partial charge in [-0.25, -0.2) is 4.98 Å². The Morgan fingerprint density at radius 3 is 2.56 bits per heavy atom. The van der Waals surface area contributed by atoms with Crippen molar-refractivity contribution in [3.05, 3.63) is 15.6 Å². The zero-order valence-electron chi connectivity index (χ0n) is 16.1. The standard InChI is InChI=1S/C18H33N5S.HI/c1-14-15(2)24-17(22-14)13-21-18(19-3)20-11-8-12-23(4)16-9-6-5-7-10-16;/h16H,5-13H2,1-4H3,(H2,19,20,21);1H. The lowest BCUT2D eigenvalue weighted by atomic mass is 9.94. The smallest absolute Gasteiger partial charge is 0.191 e. The maximum Gasteiger partial charge on any atom is 0.191 e. The van der Waals surface area contributed by atoms with Crippen LogP contribution in [0.4, 0.5) is 0 Å². The molecule has 1 saturated carbocycles. The Balaban J connectivity index is 0.00000312. The summed E-state index contributed by atoms with van der Waals surface area (Å²) in [5.41, 5.74) is 1.13. The van der Waals surface area contributed by atoms with Gasteiger partial charge in [0.25, 0.3) is 0 Å². The minimum atomic E-state index is 0. The molecule has 1 fully saturated rings. The highest BCUT2D eigenvalue weighted by molar-refractivity contribution is 14.0. The van der Waals surface area contributed by atoms with Gasteiger partial charge in [0, 0.05) is 24.5 Å². The molecule has 1 aromatic rings. The summed E-state index contributed by atoms with van der Waals surface area (Å²) in [5, 5.41) is 7.88. The lowest BCUT2D eigenvalue weighted by Gasteiger charge is -2.31. The van der Waals surface area contributed by atoms with Gasteiger partial charge in [-0.2, -0.15) is 0 Å². The molecule has 144 valence electrons. The molecule has 0 saturated heterocycles. The Bertz CT molecular complexity index is 506. The first kappa shape index (κ1) is 22.6. The van der Waals surface area contributed by atoms with E-state index >= 15 is 0 Å². The fourth-order valence-electron chi connectivity index (χ4n) is 3.23. The molecule has 0 spiro atoms. The molecule has 0 bridgehead atoms. The SMILES string of the molecule is CN=C(NCCCN(C)C1CCCCC1)NCc1nc(C)c(C)s1.I. The second kappa shape index (κ2) is 12.1. The monoisotopic (exact) mass is 479 g/mol. The number of aliphatic imine (C=N–C) groups is 1.